The number of likely N-dealkylation sites (tertiary alicyclic amines) is 1. The molecule has 2 N–H and O–H groups in total. The van der Waals surface area contributed by atoms with E-state index in [4.69, 9.17) is 16.7 Å². The molecule has 1 aliphatic heterocycles. The number of halogens is 2. The van der Waals surface area contributed by atoms with E-state index >= 15 is 0 Å². The number of anilines is 1. The second-order valence-corrected chi connectivity index (χ2v) is 5.97. The number of carboxylic acids is 1. The highest BCUT2D eigenvalue weighted by atomic mass is 79.9. The molecular weight excluding hydrogens is 348 g/mol. The number of nitrogens with zero attached hydrogens (tertiary/aromatic N) is 1. The van der Waals surface area contributed by atoms with Crippen LogP contribution in [0.25, 0.3) is 0 Å². The number of amides is 2. The van der Waals surface area contributed by atoms with E-state index in [-0.39, 0.29) is 12.6 Å². The average Bonchev–Trinajstić information content (AvgIpc) is 2.42. The summed E-state index contributed by atoms with van der Waals surface area (Å²) in [5.74, 6) is -1.33. The molecule has 1 saturated heterocycles. The van der Waals surface area contributed by atoms with Crippen LogP contribution in [0.5, 0.6) is 0 Å². The lowest BCUT2D eigenvalue weighted by molar-refractivity contribution is -0.143. The molecule has 1 aromatic rings. The zero-order valence-electron chi connectivity index (χ0n) is 10.6. The van der Waals surface area contributed by atoms with Gasteiger partial charge in [0, 0.05) is 22.6 Å². The first-order chi connectivity index (χ1) is 9.47. The van der Waals surface area contributed by atoms with Crippen LogP contribution in [0, 0.1) is 5.92 Å². The predicted molar refractivity (Wildman–Crippen MR) is 80.1 cm³/mol. The molecule has 1 aromatic carbocycles. The van der Waals surface area contributed by atoms with Crippen molar-refractivity contribution in [1.29, 1.82) is 0 Å². The molecule has 7 heteroatoms. The summed E-state index contributed by atoms with van der Waals surface area (Å²) in [4.78, 5) is 24.7. The number of urea groups is 1. The molecule has 0 aromatic heterocycles. The van der Waals surface area contributed by atoms with Gasteiger partial charge in [-0.15, -0.1) is 0 Å². The summed E-state index contributed by atoms with van der Waals surface area (Å²) >= 11 is 9.16. The summed E-state index contributed by atoms with van der Waals surface area (Å²) in [5.41, 5.74) is 0.608. The lowest BCUT2D eigenvalue weighted by atomic mass is 9.99. The third-order valence-electron chi connectivity index (χ3n) is 3.23. The van der Waals surface area contributed by atoms with Crippen molar-refractivity contribution in [1.82, 2.24) is 4.90 Å². The second kappa shape index (κ2) is 6.45. The van der Waals surface area contributed by atoms with Crippen LogP contribution < -0.4 is 5.32 Å². The lowest BCUT2D eigenvalue weighted by Gasteiger charge is -2.30. The van der Waals surface area contributed by atoms with Crippen LogP contribution in [0.15, 0.2) is 22.7 Å². The molecule has 0 saturated carbocycles. The first-order valence-corrected chi connectivity index (χ1v) is 7.38. The maximum Gasteiger partial charge on any atom is 0.321 e. The van der Waals surface area contributed by atoms with Crippen LogP contribution in [-0.4, -0.2) is 35.1 Å². The minimum Gasteiger partial charge on any atom is -0.481 e. The fourth-order valence-corrected chi connectivity index (χ4v) is 2.93. The molecule has 1 fully saturated rings. The first-order valence-electron chi connectivity index (χ1n) is 6.21. The number of aliphatic carboxylic acids is 1. The molecule has 1 heterocycles. The Hall–Kier alpha value is -1.27. The van der Waals surface area contributed by atoms with Crippen molar-refractivity contribution in [3.8, 4) is 0 Å². The third kappa shape index (κ3) is 3.64. The maximum absolute atomic E-state index is 12.1. The van der Waals surface area contributed by atoms with E-state index in [1.807, 2.05) is 0 Å². The number of carbonyl (C=O) groups is 2. The monoisotopic (exact) mass is 360 g/mol. The average molecular weight is 362 g/mol. The smallest absolute Gasteiger partial charge is 0.321 e. The van der Waals surface area contributed by atoms with E-state index in [2.05, 4.69) is 21.2 Å². The molecule has 20 heavy (non-hydrogen) atoms. The number of hydrogen-bond donors (Lipinski definition) is 2. The molecule has 0 radical (unpaired) electrons. The highest BCUT2D eigenvalue weighted by Crippen LogP contribution is 2.26. The quantitative estimate of drug-likeness (QED) is 0.848. The van der Waals surface area contributed by atoms with E-state index in [0.29, 0.717) is 34.6 Å². The van der Waals surface area contributed by atoms with E-state index < -0.39 is 11.9 Å². The Kier molecular flexibility index (Phi) is 4.88. The highest BCUT2D eigenvalue weighted by Gasteiger charge is 2.28. The van der Waals surface area contributed by atoms with Gasteiger partial charge in [0.2, 0.25) is 0 Å². The van der Waals surface area contributed by atoms with Gasteiger partial charge >= 0.3 is 12.0 Å². The van der Waals surface area contributed by atoms with Crippen molar-refractivity contribution < 1.29 is 14.7 Å². The van der Waals surface area contributed by atoms with Gasteiger partial charge in [-0.1, -0.05) is 11.6 Å². The normalized spacial score (nSPS) is 18.7. The summed E-state index contributed by atoms with van der Waals surface area (Å²) in [6.45, 7) is 0.813. The van der Waals surface area contributed by atoms with Crippen molar-refractivity contribution >= 4 is 45.2 Å². The number of carbonyl (C=O) groups excluding carboxylic acids is 1. The van der Waals surface area contributed by atoms with Gasteiger partial charge in [0.15, 0.2) is 0 Å². The van der Waals surface area contributed by atoms with Crippen LogP contribution in [0.1, 0.15) is 12.8 Å². The Balaban J connectivity index is 2.02. The molecule has 0 aliphatic carbocycles. The number of carboxylic acid groups (broad SMARTS) is 1. The van der Waals surface area contributed by atoms with Gasteiger partial charge in [0.05, 0.1) is 11.6 Å². The van der Waals surface area contributed by atoms with E-state index in [0.717, 1.165) is 0 Å². The van der Waals surface area contributed by atoms with Crippen molar-refractivity contribution in [2.24, 2.45) is 5.92 Å². The Bertz CT molecular complexity index is 538. The Morgan fingerprint density at radius 1 is 1.45 bits per heavy atom. The summed E-state index contributed by atoms with van der Waals surface area (Å²) in [6.07, 6.45) is 1.32. The Morgan fingerprint density at radius 3 is 2.85 bits per heavy atom. The number of nitrogens with one attached hydrogen (secondary N) is 1. The molecule has 1 atom stereocenters. The predicted octanol–water partition coefficient (Wildman–Crippen LogP) is 3.43. The number of piperidine rings is 1. The van der Waals surface area contributed by atoms with Gasteiger partial charge in [-0.25, -0.2) is 4.79 Å². The number of rotatable bonds is 2. The molecule has 2 rings (SSSR count). The minimum atomic E-state index is -0.852. The Labute approximate surface area is 130 Å². The zero-order chi connectivity index (χ0) is 14.7. The molecular formula is C13H14BrClN2O3. The largest absolute Gasteiger partial charge is 0.481 e. The first kappa shape index (κ1) is 15.1. The van der Waals surface area contributed by atoms with Crippen molar-refractivity contribution in [3.05, 3.63) is 27.7 Å². The van der Waals surface area contributed by atoms with Crippen molar-refractivity contribution in [2.75, 3.05) is 18.4 Å². The van der Waals surface area contributed by atoms with Gasteiger partial charge in [-0.2, -0.15) is 0 Å². The van der Waals surface area contributed by atoms with Gasteiger partial charge in [0.25, 0.3) is 0 Å². The van der Waals surface area contributed by atoms with Crippen LogP contribution >= 0.6 is 27.5 Å². The van der Waals surface area contributed by atoms with Crippen LogP contribution in [0.2, 0.25) is 5.02 Å². The van der Waals surface area contributed by atoms with E-state index in [1.165, 1.54) is 4.90 Å². The van der Waals surface area contributed by atoms with Crippen LogP contribution in [-0.2, 0) is 4.79 Å². The standard InChI is InChI=1S/C13H14BrClN2O3/c14-10-6-9(15)3-4-11(10)16-13(20)17-5-1-2-8(7-17)12(18)19/h3-4,6,8H,1-2,5,7H2,(H,16,20)(H,18,19)/t8-/m0/s1. The second-order valence-electron chi connectivity index (χ2n) is 4.68. The van der Waals surface area contributed by atoms with Crippen molar-refractivity contribution in [2.45, 2.75) is 12.8 Å². The summed E-state index contributed by atoms with van der Waals surface area (Å²) in [5, 5.41) is 12.3. The third-order valence-corrected chi connectivity index (χ3v) is 4.12. The lowest BCUT2D eigenvalue weighted by Crippen LogP contribution is -2.44. The SMILES string of the molecule is O=C(O)[C@H]1CCCN(C(=O)Nc2ccc(Cl)cc2Br)C1. The fraction of sp³-hybridized carbons (Fsp3) is 0.385. The summed E-state index contributed by atoms with van der Waals surface area (Å²) in [6, 6.07) is 4.77. The van der Waals surface area contributed by atoms with Gasteiger partial charge in [-0.05, 0) is 47.0 Å². The van der Waals surface area contributed by atoms with Gasteiger partial charge in [0.1, 0.15) is 0 Å². The van der Waals surface area contributed by atoms with E-state index in [1.54, 1.807) is 18.2 Å². The minimum absolute atomic E-state index is 0.242. The van der Waals surface area contributed by atoms with E-state index in [9.17, 15) is 9.59 Å². The fourth-order valence-electron chi connectivity index (χ4n) is 2.15. The van der Waals surface area contributed by atoms with Gasteiger partial charge < -0.3 is 15.3 Å². The Morgan fingerprint density at radius 2 is 2.20 bits per heavy atom. The molecule has 0 spiro atoms. The van der Waals surface area contributed by atoms with Crippen LogP contribution in [0.3, 0.4) is 0 Å². The topological polar surface area (TPSA) is 69.6 Å². The summed E-state index contributed by atoms with van der Waals surface area (Å²) < 4.78 is 0.685. The molecule has 0 bridgehead atoms. The van der Waals surface area contributed by atoms with Crippen LogP contribution in [0.4, 0.5) is 10.5 Å². The molecule has 1 aliphatic rings. The molecule has 5 nitrogen and oxygen atoms in total. The van der Waals surface area contributed by atoms with Gasteiger partial charge in [-0.3, -0.25) is 4.79 Å². The molecule has 0 unspecified atom stereocenters. The van der Waals surface area contributed by atoms with Crippen molar-refractivity contribution in [3.63, 3.8) is 0 Å². The molecule has 108 valence electrons. The number of benzene rings is 1. The maximum atomic E-state index is 12.1. The number of hydrogen-bond acceptors (Lipinski definition) is 2. The highest BCUT2D eigenvalue weighted by molar-refractivity contribution is 9.10. The zero-order valence-corrected chi connectivity index (χ0v) is 12.9. The summed E-state index contributed by atoms with van der Waals surface area (Å²) in [7, 11) is 0. The molecule has 2 amide bonds.